The molecular formula is C13H12BrClN2O. The van der Waals surface area contributed by atoms with Gasteiger partial charge in [0.25, 0.3) is 0 Å². The lowest BCUT2D eigenvalue weighted by atomic mass is 10.0. The Labute approximate surface area is 118 Å². The maximum Gasteiger partial charge on any atom is 0.181 e. The molecule has 0 bridgehead atoms. The number of halogens is 2. The summed E-state index contributed by atoms with van der Waals surface area (Å²) in [7, 11) is 0. The maximum atomic E-state index is 12.4. The number of ketones is 1. The molecule has 1 saturated heterocycles. The third-order valence-electron chi connectivity index (χ3n) is 3.36. The molecule has 0 radical (unpaired) electrons. The Morgan fingerprint density at radius 2 is 2.28 bits per heavy atom. The van der Waals surface area contributed by atoms with Crippen LogP contribution in [0.5, 0.6) is 0 Å². The molecule has 1 aliphatic heterocycles. The molecule has 1 atom stereocenters. The summed E-state index contributed by atoms with van der Waals surface area (Å²) in [5, 5.41) is 4.74. The first kappa shape index (κ1) is 12.2. The standard InChI is InChI=1S/C13H12BrClN2O/c14-9-5-12-7(4-10(9)15)8(6-17-12)13(18)11-2-1-3-16-11/h4-6,11,16-17H,1-3H2. The van der Waals surface area contributed by atoms with Crippen LogP contribution in [0.3, 0.4) is 0 Å². The van der Waals surface area contributed by atoms with E-state index < -0.39 is 0 Å². The van der Waals surface area contributed by atoms with Gasteiger partial charge in [-0.1, -0.05) is 11.6 Å². The van der Waals surface area contributed by atoms with E-state index in [1.165, 1.54) is 0 Å². The van der Waals surface area contributed by atoms with E-state index in [1.54, 1.807) is 6.20 Å². The van der Waals surface area contributed by atoms with E-state index in [2.05, 4.69) is 26.2 Å². The predicted molar refractivity (Wildman–Crippen MR) is 76.4 cm³/mol. The predicted octanol–water partition coefficient (Wildman–Crippen LogP) is 3.52. The van der Waals surface area contributed by atoms with Crippen LogP contribution in [0.2, 0.25) is 5.02 Å². The Morgan fingerprint density at radius 1 is 1.44 bits per heavy atom. The zero-order chi connectivity index (χ0) is 12.7. The monoisotopic (exact) mass is 326 g/mol. The number of benzene rings is 1. The van der Waals surface area contributed by atoms with Crippen LogP contribution in [0.25, 0.3) is 10.9 Å². The molecule has 1 aromatic carbocycles. The number of aromatic nitrogens is 1. The Balaban J connectivity index is 2.06. The minimum absolute atomic E-state index is 0.0496. The molecule has 1 aliphatic rings. The molecule has 5 heteroatoms. The molecule has 18 heavy (non-hydrogen) atoms. The Bertz CT molecular complexity index is 617. The van der Waals surface area contributed by atoms with Crippen LogP contribution in [0, 0.1) is 0 Å². The van der Waals surface area contributed by atoms with E-state index in [9.17, 15) is 4.79 Å². The van der Waals surface area contributed by atoms with Gasteiger partial charge in [0, 0.05) is 27.1 Å². The number of Topliss-reactive ketones (excluding diaryl/α,β-unsaturated/α-hetero) is 1. The molecule has 1 aromatic heterocycles. The van der Waals surface area contributed by atoms with Gasteiger partial charge in [0.1, 0.15) is 0 Å². The molecule has 0 spiro atoms. The zero-order valence-electron chi connectivity index (χ0n) is 9.59. The minimum Gasteiger partial charge on any atom is -0.360 e. The van der Waals surface area contributed by atoms with Gasteiger partial charge < -0.3 is 10.3 Å². The molecule has 2 aromatic rings. The molecule has 0 amide bonds. The number of aromatic amines is 1. The van der Waals surface area contributed by atoms with Crippen molar-refractivity contribution in [3.8, 4) is 0 Å². The number of nitrogens with one attached hydrogen (secondary N) is 2. The highest BCUT2D eigenvalue weighted by Gasteiger charge is 2.25. The van der Waals surface area contributed by atoms with Crippen molar-refractivity contribution in [2.45, 2.75) is 18.9 Å². The van der Waals surface area contributed by atoms with E-state index in [0.717, 1.165) is 40.3 Å². The van der Waals surface area contributed by atoms with Crippen molar-refractivity contribution < 1.29 is 4.79 Å². The summed E-state index contributed by atoms with van der Waals surface area (Å²) in [6, 6.07) is 3.68. The molecule has 0 aliphatic carbocycles. The molecule has 0 saturated carbocycles. The van der Waals surface area contributed by atoms with Crippen LogP contribution < -0.4 is 5.32 Å². The number of H-pyrrole nitrogens is 1. The van der Waals surface area contributed by atoms with Crippen LogP contribution in [-0.2, 0) is 0 Å². The van der Waals surface area contributed by atoms with Gasteiger partial charge in [-0.2, -0.15) is 0 Å². The summed E-state index contributed by atoms with van der Waals surface area (Å²) < 4.78 is 0.830. The summed E-state index contributed by atoms with van der Waals surface area (Å²) in [6.07, 6.45) is 3.75. The molecule has 2 N–H and O–H groups in total. The fourth-order valence-corrected chi connectivity index (χ4v) is 2.92. The van der Waals surface area contributed by atoms with Gasteiger partial charge in [0.15, 0.2) is 5.78 Å². The van der Waals surface area contributed by atoms with Gasteiger partial charge >= 0.3 is 0 Å². The average molecular weight is 328 g/mol. The average Bonchev–Trinajstić information content (AvgIpc) is 2.98. The second-order valence-corrected chi connectivity index (χ2v) is 5.79. The Kier molecular flexibility index (Phi) is 3.18. The zero-order valence-corrected chi connectivity index (χ0v) is 11.9. The number of carbonyl (C=O) groups excluding carboxylic acids is 1. The van der Waals surface area contributed by atoms with Crippen LogP contribution in [0.15, 0.2) is 22.8 Å². The van der Waals surface area contributed by atoms with E-state index in [4.69, 9.17) is 11.6 Å². The van der Waals surface area contributed by atoms with Crippen LogP contribution >= 0.6 is 27.5 Å². The van der Waals surface area contributed by atoms with E-state index in [1.807, 2.05) is 12.1 Å². The van der Waals surface area contributed by atoms with Crippen molar-refractivity contribution >= 4 is 44.2 Å². The van der Waals surface area contributed by atoms with Gasteiger partial charge in [-0.15, -0.1) is 0 Å². The SMILES string of the molecule is O=C(c1c[nH]c2cc(Br)c(Cl)cc12)C1CCCN1. The van der Waals surface area contributed by atoms with Crippen molar-refractivity contribution in [3.63, 3.8) is 0 Å². The van der Waals surface area contributed by atoms with Gasteiger partial charge in [0.2, 0.25) is 0 Å². The summed E-state index contributed by atoms with van der Waals surface area (Å²) in [6.45, 7) is 0.922. The molecule has 3 rings (SSSR count). The topological polar surface area (TPSA) is 44.9 Å². The normalized spacial score (nSPS) is 19.6. The number of carbonyl (C=O) groups is 1. The molecule has 2 heterocycles. The Morgan fingerprint density at radius 3 is 3.00 bits per heavy atom. The smallest absolute Gasteiger partial charge is 0.181 e. The van der Waals surface area contributed by atoms with Gasteiger partial charge in [-0.3, -0.25) is 4.79 Å². The van der Waals surface area contributed by atoms with Gasteiger partial charge in [-0.05, 0) is 47.4 Å². The van der Waals surface area contributed by atoms with Crippen LogP contribution in [0.1, 0.15) is 23.2 Å². The lowest BCUT2D eigenvalue weighted by molar-refractivity contribution is 0.0954. The number of hydrogen-bond donors (Lipinski definition) is 2. The van der Waals surface area contributed by atoms with Crippen LogP contribution in [-0.4, -0.2) is 23.4 Å². The maximum absolute atomic E-state index is 12.4. The highest BCUT2D eigenvalue weighted by atomic mass is 79.9. The third kappa shape index (κ3) is 1.98. The van der Waals surface area contributed by atoms with E-state index >= 15 is 0 Å². The number of hydrogen-bond acceptors (Lipinski definition) is 2. The van der Waals surface area contributed by atoms with Gasteiger partial charge in [-0.25, -0.2) is 0 Å². The van der Waals surface area contributed by atoms with E-state index in [0.29, 0.717) is 5.02 Å². The van der Waals surface area contributed by atoms with Gasteiger partial charge in [0.05, 0.1) is 11.1 Å². The molecule has 1 unspecified atom stereocenters. The Hall–Kier alpha value is -0.840. The van der Waals surface area contributed by atoms with Crippen molar-refractivity contribution in [3.05, 3.63) is 33.4 Å². The first-order valence-electron chi connectivity index (χ1n) is 5.90. The minimum atomic E-state index is -0.0496. The summed E-state index contributed by atoms with van der Waals surface area (Å²) in [4.78, 5) is 15.5. The molecule has 94 valence electrons. The van der Waals surface area contributed by atoms with Crippen molar-refractivity contribution in [2.75, 3.05) is 6.54 Å². The lowest BCUT2D eigenvalue weighted by Crippen LogP contribution is -2.30. The van der Waals surface area contributed by atoms with Crippen molar-refractivity contribution in [1.82, 2.24) is 10.3 Å². The second-order valence-electron chi connectivity index (χ2n) is 4.53. The quantitative estimate of drug-likeness (QED) is 0.829. The fraction of sp³-hybridized carbons (Fsp3) is 0.308. The summed E-state index contributed by atoms with van der Waals surface area (Å²) in [5.74, 6) is 0.150. The number of fused-ring (bicyclic) bond motifs is 1. The summed E-state index contributed by atoms with van der Waals surface area (Å²) in [5.41, 5.74) is 1.64. The largest absolute Gasteiger partial charge is 0.360 e. The van der Waals surface area contributed by atoms with Crippen molar-refractivity contribution in [1.29, 1.82) is 0 Å². The first-order chi connectivity index (χ1) is 8.66. The lowest BCUT2D eigenvalue weighted by Gasteiger charge is -2.07. The second kappa shape index (κ2) is 4.68. The first-order valence-corrected chi connectivity index (χ1v) is 7.07. The van der Waals surface area contributed by atoms with Crippen LogP contribution in [0.4, 0.5) is 0 Å². The highest BCUT2D eigenvalue weighted by molar-refractivity contribution is 9.10. The molecule has 3 nitrogen and oxygen atoms in total. The third-order valence-corrected chi connectivity index (χ3v) is 4.56. The molecular weight excluding hydrogens is 316 g/mol. The number of rotatable bonds is 2. The summed E-state index contributed by atoms with van der Waals surface area (Å²) >= 11 is 9.47. The van der Waals surface area contributed by atoms with Crippen molar-refractivity contribution in [2.24, 2.45) is 0 Å². The highest BCUT2D eigenvalue weighted by Crippen LogP contribution is 2.30. The molecule has 1 fully saturated rings. The van der Waals surface area contributed by atoms with E-state index in [-0.39, 0.29) is 11.8 Å². The fourth-order valence-electron chi connectivity index (χ4n) is 2.42.